The Morgan fingerprint density at radius 2 is 1.36 bits per heavy atom. The van der Waals surface area contributed by atoms with Crippen molar-refractivity contribution in [3.8, 4) is 51.3 Å². The lowest BCUT2D eigenvalue weighted by molar-refractivity contribution is 0.469. The third kappa shape index (κ3) is 4.26. The van der Waals surface area contributed by atoms with E-state index in [1.807, 2.05) is 103 Å². The van der Waals surface area contributed by atoms with Gasteiger partial charge in [0, 0.05) is 28.3 Å². The van der Waals surface area contributed by atoms with Crippen molar-refractivity contribution in [3.63, 3.8) is 0 Å². The van der Waals surface area contributed by atoms with Gasteiger partial charge in [0.1, 0.15) is 11.5 Å². The zero-order valence-electron chi connectivity index (χ0n) is 19.2. The van der Waals surface area contributed by atoms with Crippen LogP contribution >= 0.6 is 0 Å². The quantitative estimate of drug-likeness (QED) is 0.284. The Kier molecular flexibility index (Phi) is 5.56. The highest BCUT2D eigenvalue weighted by molar-refractivity contribution is 5.86. The van der Waals surface area contributed by atoms with Crippen LogP contribution in [0.25, 0.3) is 44.7 Å². The minimum absolute atomic E-state index is 0.167. The molecule has 6 rings (SSSR count). The molecule has 5 nitrogen and oxygen atoms in total. The average Bonchev–Trinajstić information content (AvgIpc) is 2.94. The monoisotopic (exact) mass is 467 g/mol. The second-order valence-electron chi connectivity index (χ2n) is 8.31. The fourth-order valence-corrected chi connectivity index (χ4v) is 4.14. The topological polar surface area (TPSA) is 68.1 Å². The third-order valence-corrected chi connectivity index (χ3v) is 5.92. The van der Waals surface area contributed by atoms with E-state index in [2.05, 4.69) is 4.98 Å². The summed E-state index contributed by atoms with van der Waals surface area (Å²) in [6.45, 7) is 0. The van der Waals surface area contributed by atoms with Gasteiger partial charge in [0.05, 0.1) is 11.4 Å². The Bertz CT molecular complexity index is 1680. The molecule has 6 aromatic rings. The molecular weight excluding hydrogens is 446 g/mol. The van der Waals surface area contributed by atoms with Crippen LogP contribution in [0.4, 0.5) is 0 Å². The molecule has 0 spiro atoms. The summed E-state index contributed by atoms with van der Waals surface area (Å²) in [6.07, 6.45) is 1.74. The molecule has 0 aliphatic rings. The summed E-state index contributed by atoms with van der Waals surface area (Å²) in [5, 5.41) is 12.5. The van der Waals surface area contributed by atoms with Gasteiger partial charge in [-0.3, -0.25) is 0 Å². The van der Waals surface area contributed by atoms with Crippen LogP contribution in [0, 0.1) is 0 Å². The molecule has 0 amide bonds. The average molecular weight is 468 g/mol. The number of fused-ring (bicyclic) bond motifs is 1. The van der Waals surface area contributed by atoms with Crippen LogP contribution in [0.15, 0.2) is 121 Å². The van der Waals surface area contributed by atoms with E-state index >= 15 is 0 Å². The van der Waals surface area contributed by atoms with Crippen molar-refractivity contribution in [2.24, 2.45) is 0 Å². The molecule has 0 aliphatic heterocycles. The first kappa shape index (κ1) is 21.5. The number of benzene rings is 4. The highest BCUT2D eigenvalue weighted by Crippen LogP contribution is 2.34. The number of aromatic nitrogens is 3. The van der Waals surface area contributed by atoms with E-state index in [4.69, 9.17) is 14.7 Å². The molecule has 172 valence electrons. The summed E-state index contributed by atoms with van der Waals surface area (Å²) in [7, 11) is 0. The summed E-state index contributed by atoms with van der Waals surface area (Å²) < 4.78 is 6.20. The van der Waals surface area contributed by atoms with E-state index in [1.54, 1.807) is 18.3 Å². The lowest BCUT2D eigenvalue weighted by atomic mass is 10.1. The maximum absolute atomic E-state index is 10.5. The van der Waals surface area contributed by atoms with E-state index in [0.717, 1.165) is 27.6 Å². The lowest BCUT2D eigenvalue weighted by Gasteiger charge is -2.12. The Morgan fingerprint density at radius 1 is 0.611 bits per heavy atom. The summed E-state index contributed by atoms with van der Waals surface area (Å²) in [5.74, 6) is 1.87. The van der Waals surface area contributed by atoms with Crippen molar-refractivity contribution in [2.75, 3.05) is 0 Å². The number of phenols is 1. The molecule has 0 radical (unpaired) electrons. The van der Waals surface area contributed by atoms with E-state index < -0.39 is 0 Å². The standard InChI is InChI=1S/C31H21N3O2/c35-29-16-7-6-15-26(29)28-20-27(22-10-2-1-3-11-22)33-30(34-28)23-12-8-13-24(19-23)36-31-25-14-5-4-9-21(25)17-18-32-31/h1-20,35H. The van der Waals surface area contributed by atoms with Crippen LogP contribution < -0.4 is 4.74 Å². The molecule has 0 bridgehead atoms. The number of para-hydroxylation sites is 1. The van der Waals surface area contributed by atoms with Gasteiger partial charge in [-0.05, 0) is 47.9 Å². The zero-order chi connectivity index (χ0) is 24.3. The Hall–Kier alpha value is -5.03. The Labute approximate surface area is 208 Å². The van der Waals surface area contributed by atoms with Crippen LogP contribution in [-0.2, 0) is 0 Å². The minimum atomic E-state index is 0.167. The van der Waals surface area contributed by atoms with Gasteiger partial charge in [-0.2, -0.15) is 0 Å². The highest BCUT2D eigenvalue weighted by atomic mass is 16.5. The van der Waals surface area contributed by atoms with Crippen molar-refractivity contribution in [2.45, 2.75) is 0 Å². The molecule has 5 heteroatoms. The largest absolute Gasteiger partial charge is 0.507 e. The van der Waals surface area contributed by atoms with Crippen LogP contribution in [0.1, 0.15) is 0 Å². The smallest absolute Gasteiger partial charge is 0.227 e. The molecule has 0 unspecified atom stereocenters. The second-order valence-corrected chi connectivity index (χ2v) is 8.31. The van der Waals surface area contributed by atoms with Gasteiger partial charge in [-0.1, -0.05) is 72.8 Å². The van der Waals surface area contributed by atoms with Gasteiger partial charge >= 0.3 is 0 Å². The molecule has 2 aromatic heterocycles. The minimum Gasteiger partial charge on any atom is -0.507 e. The predicted molar refractivity (Wildman–Crippen MR) is 142 cm³/mol. The predicted octanol–water partition coefficient (Wildman–Crippen LogP) is 7.52. The van der Waals surface area contributed by atoms with Gasteiger partial charge in [0.2, 0.25) is 5.88 Å². The number of pyridine rings is 1. The summed E-state index contributed by atoms with van der Waals surface area (Å²) in [6, 6.07) is 36.6. The molecule has 36 heavy (non-hydrogen) atoms. The van der Waals surface area contributed by atoms with Gasteiger partial charge in [-0.15, -0.1) is 0 Å². The first-order valence-electron chi connectivity index (χ1n) is 11.6. The molecule has 2 heterocycles. The number of hydrogen-bond acceptors (Lipinski definition) is 5. The van der Waals surface area contributed by atoms with Gasteiger partial charge in [-0.25, -0.2) is 15.0 Å². The van der Waals surface area contributed by atoms with Crippen molar-refractivity contribution < 1.29 is 9.84 Å². The maximum Gasteiger partial charge on any atom is 0.227 e. The molecule has 4 aromatic carbocycles. The molecular formula is C31H21N3O2. The SMILES string of the molecule is Oc1ccccc1-c1cc(-c2ccccc2)nc(-c2cccc(Oc3nccc4ccccc34)c2)n1. The fourth-order valence-electron chi connectivity index (χ4n) is 4.14. The molecule has 0 aliphatic carbocycles. The zero-order valence-corrected chi connectivity index (χ0v) is 19.2. The Morgan fingerprint density at radius 3 is 2.25 bits per heavy atom. The molecule has 1 N–H and O–H groups in total. The van der Waals surface area contributed by atoms with Crippen LogP contribution in [0.3, 0.4) is 0 Å². The summed E-state index contributed by atoms with van der Waals surface area (Å²) in [5.41, 5.74) is 3.80. The first-order valence-corrected chi connectivity index (χ1v) is 11.6. The van der Waals surface area contributed by atoms with Crippen molar-refractivity contribution >= 4 is 10.8 Å². The normalized spacial score (nSPS) is 10.9. The number of aromatic hydroxyl groups is 1. The number of ether oxygens (including phenoxy) is 1. The molecule has 0 fully saturated rings. The van der Waals surface area contributed by atoms with Crippen LogP contribution in [0.2, 0.25) is 0 Å². The summed E-state index contributed by atoms with van der Waals surface area (Å²) in [4.78, 5) is 14.1. The van der Waals surface area contributed by atoms with Gasteiger partial charge in [0.25, 0.3) is 0 Å². The van der Waals surface area contributed by atoms with Crippen LogP contribution in [0.5, 0.6) is 17.4 Å². The van der Waals surface area contributed by atoms with Crippen molar-refractivity contribution in [1.29, 1.82) is 0 Å². The fraction of sp³-hybridized carbons (Fsp3) is 0. The van der Waals surface area contributed by atoms with E-state index in [-0.39, 0.29) is 5.75 Å². The van der Waals surface area contributed by atoms with Gasteiger partial charge < -0.3 is 9.84 Å². The van der Waals surface area contributed by atoms with E-state index in [0.29, 0.717) is 28.7 Å². The maximum atomic E-state index is 10.5. The van der Waals surface area contributed by atoms with Crippen LogP contribution in [-0.4, -0.2) is 20.1 Å². The lowest BCUT2D eigenvalue weighted by Crippen LogP contribution is -1.96. The molecule has 0 saturated heterocycles. The van der Waals surface area contributed by atoms with Gasteiger partial charge in [0.15, 0.2) is 5.82 Å². The summed E-state index contributed by atoms with van der Waals surface area (Å²) >= 11 is 0. The number of phenolic OH excluding ortho intramolecular Hbond substituents is 1. The number of nitrogens with zero attached hydrogens (tertiary/aromatic N) is 3. The van der Waals surface area contributed by atoms with Crippen molar-refractivity contribution in [3.05, 3.63) is 121 Å². The highest BCUT2D eigenvalue weighted by Gasteiger charge is 2.14. The number of hydrogen-bond donors (Lipinski definition) is 1. The van der Waals surface area contributed by atoms with E-state index in [1.165, 1.54) is 0 Å². The third-order valence-electron chi connectivity index (χ3n) is 5.92. The van der Waals surface area contributed by atoms with Crippen molar-refractivity contribution in [1.82, 2.24) is 15.0 Å². The Balaban J connectivity index is 1.45. The first-order chi connectivity index (χ1) is 17.7. The molecule has 0 atom stereocenters. The second kappa shape index (κ2) is 9.31. The number of rotatable bonds is 5. The molecule has 0 saturated carbocycles. The van der Waals surface area contributed by atoms with E-state index in [9.17, 15) is 5.11 Å².